The highest BCUT2D eigenvalue weighted by molar-refractivity contribution is 6.62. The zero-order valence-electron chi connectivity index (χ0n) is 9.85. The molecule has 0 saturated heterocycles. The van der Waals surface area contributed by atoms with E-state index in [4.69, 9.17) is 4.74 Å². The summed E-state index contributed by atoms with van der Waals surface area (Å²) in [5, 5.41) is 0. The van der Waals surface area contributed by atoms with Crippen LogP contribution < -0.4 is 0 Å². The molecule has 0 spiro atoms. The van der Waals surface area contributed by atoms with Gasteiger partial charge in [0, 0.05) is 5.92 Å². The first-order chi connectivity index (χ1) is 8.46. The molecule has 0 heterocycles. The van der Waals surface area contributed by atoms with Gasteiger partial charge in [-0.1, -0.05) is 36.1 Å². The van der Waals surface area contributed by atoms with Crippen molar-refractivity contribution in [3.05, 3.63) is 35.9 Å². The minimum absolute atomic E-state index is 0.106. The second kappa shape index (κ2) is 4.67. The number of carbonyl (C=O) groups is 1. The van der Waals surface area contributed by atoms with Gasteiger partial charge in [-0.15, -0.1) is 0 Å². The van der Waals surface area contributed by atoms with E-state index < -0.39 is 30.6 Å². The van der Waals surface area contributed by atoms with Gasteiger partial charge >= 0.3 is 12.9 Å². The van der Waals surface area contributed by atoms with Crippen molar-refractivity contribution in [2.75, 3.05) is 6.61 Å². The molecule has 0 aliphatic heterocycles. The molecule has 0 N–H and O–H groups in total. The van der Waals surface area contributed by atoms with Crippen LogP contribution in [0.5, 0.6) is 0 Å². The van der Waals surface area contributed by atoms with Gasteiger partial charge in [0.15, 0.2) is 0 Å². The predicted molar refractivity (Wildman–Crippen MR) is 62.1 cm³/mol. The standard InChI is InChI=1S/C12H13BF3O2/c1-2-18-12(17)10-9(11(10)13(14,15)16)8-6-4-3-5-7-8/h3-7,9-11H,2H2,1H3/q-1. The first-order valence-corrected chi connectivity index (χ1v) is 5.88. The lowest BCUT2D eigenvalue weighted by molar-refractivity contribution is -0.144. The Balaban J connectivity index is 2.21. The smallest absolute Gasteiger partial charge is 0.466 e. The molecule has 1 fully saturated rings. The topological polar surface area (TPSA) is 26.3 Å². The maximum atomic E-state index is 12.9. The van der Waals surface area contributed by atoms with Crippen LogP contribution in [0.2, 0.25) is 5.82 Å². The third-order valence-electron chi connectivity index (χ3n) is 3.26. The van der Waals surface area contributed by atoms with Gasteiger partial charge in [-0.05, 0) is 18.4 Å². The van der Waals surface area contributed by atoms with Crippen molar-refractivity contribution < 1.29 is 22.5 Å². The number of halogens is 3. The fourth-order valence-corrected chi connectivity index (χ4v) is 2.45. The third-order valence-corrected chi connectivity index (χ3v) is 3.26. The molecule has 0 amide bonds. The quantitative estimate of drug-likeness (QED) is 0.611. The molecule has 0 aromatic heterocycles. The lowest BCUT2D eigenvalue weighted by Gasteiger charge is -2.13. The highest BCUT2D eigenvalue weighted by Crippen LogP contribution is 2.65. The first-order valence-electron chi connectivity index (χ1n) is 5.88. The first kappa shape index (κ1) is 13.0. The van der Waals surface area contributed by atoms with Crippen LogP contribution in [0.4, 0.5) is 12.9 Å². The molecule has 1 aromatic carbocycles. The second-order valence-corrected chi connectivity index (χ2v) is 4.42. The van der Waals surface area contributed by atoms with Crippen LogP contribution in [-0.2, 0) is 9.53 Å². The van der Waals surface area contributed by atoms with Crippen LogP contribution >= 0.6 is 0 Å². The van der Waals surface area contributed by atoms with Crippen LogP contribution in [0.1, 0.15) is 18.4 Å². The van der Waals surface area contributed by atoms with Crippen molar-refractivity contribution in [2.45, 2.75) is 18.7 Å². The highest BCUT2D eigenvalue weighted by atomic mass is 19.4. The largest absolute Gasteiger partial charge is 0.482 e. The van der Waals surface area contributed by atoms with E-state index in [9.17, 15) is 17.7 Å². The van der Waals surface area contributed by atoms with E-state index >= 15 is 0 Å². The summed E-state index contributed by atoms with van der Waals surface area (Å²) in [6.45, 7) is -3.33. The summed E-state index contributed by atoms with van der Waals surface area (Å²) in [5.74, 6) is -4.13. The highest BCUT2D eigenvalue weighted by Gasteiger charge is 2.63. The van der Waals surface area contributed by atoms with Gasteiger partial charge in [-0.2, -0.15) is 0 Å². The fraction of sp³-hybridized carbons (Fsp3) is 0.417. The number of rotatable bonds is 4. The third kappa shape index (κ3) is 2.37. The average Bonchev–Trinajstić information content (AvgIpc) is 3.05. The van der Waals surface area contributed by atoms with E-state index in [1.165, 1.54) is 0 Å². The van der Waals surface area contributed by atoms with Crippen molar-refractivity contribution in [1.29, 1.82) is 0 Å². The Hall–Kier alpha value is -1.46. The Bertz CT molecular complexity index is 433. The SMILES string of the molecule is CCOC(=O)C1C(c2ccccc2)C1[B-](F)(F)F. The zero-order valence-corrected chi connectivity index (χ0v) is 9.85. The molecule has 2 nitrogen and oxygen atoms in total. The fourth-order valence-electron chi connectivity index (χ4n) is 2.45. The van der Waals surface area contributed by atoms with Crippen molar-refractivity contribution >= 4 is 12.9 Å². The summed E-state index contributed by atoms with van der Waals surface area (Å²) in [6.07, 6.45) is 0. The summed E-state index contributed by atoms with van der Waals surface area (Å²) in [7, 11) is 0. The van der Waals surface area contributed by atoms with Gasteiger partial charge in [0.05, 0.1) is 6.61 Å². The van der Waals surface area contributed by atoms with E-state index in [1.807, 2.05) is 0 Å². The normalized spacial score (nSPS) is 26.8. The monoisotopic (exact) mass is 257 g/mol. The van der Waals surface area contributed by atoms with Crippen LogP contribution in [0, 0.1) is 5.92 Å². The summed E-state index contributed by atoms with van der Waals surface area (Å²) in [5.41, 5.74) is 0.555. The van der Waals surface area contributed by atoms with Crippen molar-refractivity contribution in [1.82, 2.24) is 0 Å². The summed E-state index contributed by atoms with van der Waals surface area (Å²) < 4.78 is 43.4. The minimum atomic E-state index is -5.02. The van der Waals surface area contributed by atoms with Crippen LogP contribution in [0.25, 0.3) is 0 Å². The van der Waals surface area contributed by atoms with Gasteiger partial charge in [0.25, 0.3) is 0 Å². The van der Waals surface area contributed by atoms with Gasteiger partial charge in [0.2, 0.25) is 0 Å². The Labute approximate surface area is 103 Å². The number of benzene rings is 1. The number of ether oxygens (including phenoxy) is 1. The lowest BCUT2D eigenvalue weighted by atomic mass is 9.80. The molecular weight excluding hydrogens is 244 g/mol. The van der Waals surface area contributed by atoms with Gasteiger partial charge < -0.3 is 17.7 Å². The Morgan fingerprint density at radius 3 is 2.39 bits per heavy atom. The van der Waals surface area contributed by atoms with Gasteiger partial charge in [-0.25, -0.2) is 0 Å². The molecule has 6 heteroatoms. The van der Waals surface area contributed by atoms with E-state index in [0.717, 1.165) is 0 Å². The maximum absolute atomic E-state index is 12.9. The number of carbonyl (C=O) groups excluding carboxylic acids is 1. The maximum Gasteiger partial charge on any atom is 0.482 e. The zero-order chi connectivity index (χ0) is 13.3. The molecule has 0 radical (unpaired) electrons. The molecular formula is C12H13BF3O2-. The molecule has 3 atom stereocenters. The van der Waals surface area contributed by atoms with Crippen LogP contribution in [-0.4, -0.2) is 19.6 Å². The van der Waals surface area contributed by atoms with Crippen molar-refractivity contribution in [2.24, 2.45) is 5.92 Å². The average molecular weight is 257 g/mol. The molecule has 98 valence electrons. The van der Waals surface area contributed by atoms with E-state index in [2.05, 4.69) is 0 Å². The van der Waals surface area contributed by atoms with Gasteiger partial charge in [-0.3, -0.25) is 4.79 Å². The lowest BCUT2D eigenvalue weighted by Crippen LogP contribution is -2.19. The molecule has 1 aliphatic carbocycles. The van der Waals surface area contributed by atoms with Crippen LogP contribution in [0.15, 0.2) is 30.3 Å². The number of hydrogen-bond acceptors (Lipinski definition) is 2. The predicted octanol–water partition coefficient (Wildman–Crippen LogP) is 3.18. The van der Waals surface area contributed by atoms with Crippen molar-refractivity contribution in [3.63, 3.8) is 0 Å². The van der Waals surface area contributed by atoms with Crippen LogP contribution in [0.3, 0.4) is 0 Å². The Morgan fingerprint density at radius 2 is 1.89 bits per heavy atom. The minimum Gasteiger partial charge on any atom is -0.466 e. The number of esters is 1. The van der Waals surface area contributed by atoms with Crippen molar-refractivity contribution in [3.8, 4) is 0 Å². The molecule has 0 bridgehead atoms. The molecule has 1 saturated carbocycles. The van der Waals surface area contributed by atoms with E-state index in [0.29, 0.717) is 5.56 Å². The molecule has 1 aliphatic rings. The van der Waals surface area contributed by atoms with E-state index in [-0.39, 0.29) is 6.61 Å². The number of hydrogen-bond donors (Lipinski definition) is 0. The molecule has 3 unspecified atom stereocenters. The summed E-state index contributed by atoms with van der Waals surface area (Å²) in [4.78, 5) is 11.5. The Morgan fingerprint density at radius 1 is 1.28 bits per heavy atom. The molecule has 2 rings (SSSR count). The molecule has 1 aromatic rings. The summed E-state index contributed by atoms with van der Waals surface area (Å²) >= 11 is 0. The second-order valence-electron chi connectivity index (χ2n) is 4.42. The van der Waals surface area contributed by atoms with Gasteiger partial charge in [0.1, 0.15) is 0 Å². The van der Waals surface area contributed by atoms with E-state index in [1.54, 1.807) is 37.3 Å². The molecule has 18 heavy (non-hydrogen) atoms. The summed E-state index contributed by atoms with van der Waals surface area (Å²) in [6, 6.07) is 8.34. The Kier molecular flexibility index (Phi) is 3.37.